The lowest BCUT2D eigenvalue weighted by atomic mass is 9.89. The van der Waals surface area contributed by atoms with Crippen molar-refractivity contribution in [3.05, 3.63) is 59.9 Å². The molecular formula is C21H21NO4. The highest BCUT2D eigenvalue weighted by molar-refractivity contribution is 5.96. The number of carbonyl (C=O) groups is 1. The first-order valence-corrected chi connectivity index (χ1v) is 8.61. The molecular weight excluding hydrogens is 330 g/mol. The summed E-state index contributed by atoms with van der Waals surface area (Å²) in [5, 5.41) is 4.00. The SMILES string of the molecule is COc1ccc2c(c1)OC(C)(C)CC2NC(=O)c1cc2ccccc2o1. The van der Waals surface area contributed by atoms with E-state index in [1.807, 2.05) is 56.3 Å². The van der Waals surface area contributed by atoms with Crippen LogP contribution in [0.4, 0.5) is 0 Å². The Bertz CT molecular complexity index is 940. The number of amides is 1. The minimum Gasteiger partial charge on any atom is -0.497 e. The van der Waals surface area contributed by atoms with Gasteiger partial charge in [-0.1, -0.05) is 18.2 Å². The molecule has 0 aliphatic carbocycles. The quantitative estimate of drug-likeness (QED) is 0.756. The summed E-state index contributed by atoms with van der Waals surface area (Å²) in [6.07, 6.45) is 0.665. The average molecular weight is 351 g/mol. The van der Waals surface area contributed by atoms with Crippen molar-refractivity contribution < 1.29 is 18.7 Å². The molecule has 0 saturated heterocycles. The summed E-state index contributed by atoms with van der Waals surface area (Å²) in [5.74, 6) is 1.54. The van der Waals surface area contributed by atoms with E-state index < -0.39 is 5.60 Å². The van der Waals surface area contributed by atoms with Gasteiger partial charge in [0.05, 0.1) is 13.2 Å². The Morgan fingerprint density at radius 1 is 1.19 bits per heavy atom. The molecule has 0 spiro atoms. The van der Waals surface area contributed by atoms with Crippen LogP contribution >= 0.6 is 0 Å². The number of carbonyl (C=O) groups excluding carboxylic acids is 1. The van der Waals surface area contributed by atoms with Gasteiger partial charge >= 0.3 is 0 Å². The van der Waals surface area contributed by atoms with Crippen LogP contribution in [0.3, 0.4) is 0 Å². The summed E-state index contributed by atoms with van der Waals surface area (Å²) in [7, 11) is 1.62. The third-order valence-corrected chi connectivity index (χ3v) is 4.63. The van der Waals surface area contributed by atoms with Crippen molar-refractivity contribution in [2.24, 2.45) is 0 Å². The Morgan fingerprint density at radius 2 is 2.00 bits per heavy atom. The van der Waals surface area contributed by atoms with Crippen LogP contribution < -0.4 is 14.8 Å². The van der Waals surface area contributed by atoms with Crippen molar-refractivity contribution in [1.82, 2.24) is 5.32 Å². The van der Waals surface area contributed by atoms with Gasteiger partial charge in [-0.05, 0) is 38.1 Å². The molecule has 1 amide bonds. The lowest BCUT2D eigenvalue weighted by Gasteiger charge is -2.37. The second-order valence-corrected chi connectivity index (χ2v) is 7.14. The molecule has 26 heavy (non-hydrogen) atoms. The first kappa shape index (κ1) is 16.5. The van der Waals surface area contributed by atoms with Gasteiger partial charge < -0.3 is 19.2 Å². The lowest BCUT2D eigenvalue weighted by molar-refractivity contribution is 0.0609. The summed E-state index contributed by atoms with van der Waals surface area (Å²) >= 11 is 0. The van der Waals surface area contributed by atoms with Gasteiger partial charge in [0, 0.05) is 23.4 Å². The van der Waals surface area contributed by atoms with Crippen LogP contribution in [0.15, 0.2) is 52.9 Å². The van der Waals surface area contributed by atoms with E-state index in [0.29, 0.717) is 17.8 Å². The smallest absolute Gasteiger partial charge is 0.287 e. The second-order valence-electron chi connectivity index (χ2n) is 7.14. The molecule has 1 atom stereocenters. The number of methoxy groups -OCH3 is 1. The molecule has 1 N–H and O–H groups in total. The predicted octanol–water partition coefficient (Wildman–Crippen LogP) is 4.47. The molecule has 3 aromatic rings. The van der Waals surface area contributed by atoms with Gasteiger partial charge in [0.15, 0.2) is 5.76 Å². The van der Waals surface area contributed by atoms with E-state index in [-0.39, 0.29) is 11.9 Å². The van der Waals surface area contributed by atoms with Gasteiger partial charge in [0.25, 0.3) is 5.91 Å². The summed E-state index contributed by atoms with van der Waals surface area (Å²) in [6.45, 7) is 4.02. The fraction of sp³-hybridized carbons (Fsp3) is 0.286. The van der Waals surface area contributed by atoms with Crippen LogP contribution in [-0.2, 0) is 0 Å². The van der Waals surface area contributed by atoms with Crippen LogP contribution in [0.25, 0.3) is 11.0 Å². The number of nitrogens with one attached hydrogen (secondary N) is 1. The number of benzene rings is 2. The van der Waals surface area contributed by atoms with E-state index in [0.717, 1.165) is 22.4 Å². The number of furan rings is 1. The van der Waals surface area contributed by atoms with Crippen LogP contribution in [0.5, 0.6) is 11.5 Å². The predicted molar refractivity (Wildman–Crippen MR) is 98.7 cm³/mol. The van der Waals surface area contributed by atoms with Gasteiger partial charge in [-0.3, -0.25) is 4.79 Å². The van der Waals surface area contributed by atoms with E-state index in [4.69, 9.17) is 13.9 Å². The van der Waals surface area contributed by atoms with E-state index >= 15 is 0 Å². The topological polar surface area (TPSA) is 60.7 Å². The fourth-order valence-corrected chi connectivity index (χ4v) is 3.41. The molecule has 1 aliphatic rings. The Labute approximate surface area is 151 Å². The van der Waals surface area contributed by atoms with Crippen LogP contribution in [0.2, 0.25) is 0 Å². The van der Waals surface area contributed by atoms with Gasteiger partial charge in [-0.2, -0.15) is 0 Å². The maximum Gasteiger partial charge on any atom is 0.287 e. The molecule has 134 valence electrons. The van der Waals surface area contributed by atoms with Crippen LogP contribution in [0, 0.1) is 0 Å². The van der Waals surface area contributed by atoms with Crippen molar-refractivity contribution in [3.8, 4) is 11.5 Å². The minimum atomic E-state index is -0.398. The van der Waals surface area contributed by atoms with Gasteiger partial charge in [-0.15, -0.1) is 0 Å². The number of rotatable bonds is 3. The normalized spacial score (nSPS) is 18.0. The first-order chi connectivity index (χ1) is 12.4. The molecule has 1 aliphatic heterocycles. The zero-order valence-electron chi connectivity index (χ0n) is 15.0. The van der Waals surface area contributed by atoms with E-state index in [2.05, 4.69) is 5.32 Å². The first-order valence-electron chi connectivity index (χ1n) is 8.61. The Hall–Kier alpha value is -2.95. The molecule has 0 radical (unpaired) electrons. The molecule has 5 nitrogen and oxygen atoms in total. The highest BCUT2D eigenvalue weighted by Gasteiger charge is 2.35. The monoisotopic (exact) mass is 351 g/mol. The van der Waals surface area contributed by atoms with Crippen LogP contribution in [-0.4, -0.2) is 18.6 Å². The molecule has 2 aromatic carbocycles. The van der Waals surface area contributed by atoms with Crippen molar-refractivity contribution in [3.63, 3.8) is 0 Å². The van der Waals surface area contributed by atoms with Gasteiger partial charge in [-0.25, -0.2) is 0 Å². The molecule has 1 aromatic heterocycles. The Morgan fingerprint density at radius 3 is 2.77 bits per heavy atom. The summed E-state index contributed by atoms with van der Waals surface area (Å²) < 4.78 is 17.0. The van der Waals surface area contributed by atoms with Crippen molar-refractivity contribution in [2.75, 3.05) is 7.11 Å². The fourth-order valence-electron chi connectivity index (χ4n) is 3.41. The Kier molecular flexibility index (Phi) is 3.87. The van der Waals surface area contributed by atoms with Crippen molar-refractivity contribution in [1.29, 1.82) is 0 Å². The lowest BCUT2D eigenvalue weighted by Crippen LogP contribution is -2.41. The zero-order chi connectivity index (χ0) is 18.3. The third-order valence-electron chi connectivity index (χ3n) is 4.63. The number of para-hydroxylation sites is 1. The van der Waals surface area contributed by atoms with E-state index in [1.54, 1.807) is 13.2 Å². The molecule has 0 fully saturated rings. The Balaban J connectivity index is 1.64. The molecule has 2 heterocycles. The summed E-state index contributed by atoms with van der Waals surface area (Å²) in [6, 6.07) is 14.9. The maximum absolute atomic E-state index is 12.8. The van der Waals surface area contributed by atoms with Crippen molar-refractivity contribution in [2.45, 2.75) is 31.9 Å². The van der Waals surface area contributed by atoms with Crippen molar-refractivity contribution >= 4 is 16.9 Å². The maximum atomic E-state index is 12.8. The largest absolute Gasteiger partial charge is 0.497 e. The number of hydrogen-bond acceptors (Lipinski definition) is 4. The standard InChI is InChI=1S/C21H21NO4/c1-21(2)12-16(15-9-8-14(24-3)11-18(15)26-21)22-20(23)19-10-13-6-4-5-7-17(13)25-19/h4-11,16H,12H2,1-3H3,(H,22,23). The molecule has 1 unspecified atom stereocenters. The van der Waals surface area contributed by atoms with Gasteiger partial charge in [0.1, 0.15) is 22.7 Å². The highest BCUT2D eigenvalue weighted by atomic mass is 16.5. The second kappa shape index (κ2) is 6.09. The number of ether oxygens (including phenoxy) is 2. The number of fused-ring (bicyclic) bond motifs is 2. The average Bonchev–Trinajstić information content (AvgIpc) is 3.04. The third kappa shape index (κ3) is 3.01. The molecule has 5 heteroatoms. The zero-order valence-corrected chi connectivity index (χ0v) is 15.0. The molecule has 0 bridgehead atoms. The molecule has 0 saturated carbocycles. The molecule has 4 rings (SSSR count). The van der Waals surface area contributed by atoms with E-state index in [9.17, 15) is 4.79 Å². The highest BCUT2D eigenvalue weighted by Crippen LogP contribution is 2.41. The minimum absolute atomic E-state index is 0.166. The number of hydrogen-bond donors (Lipinski definition) is 1. The summed E-state index contributed by atoms with van der Waals surface area (Å²) in [5.41, 5.74) is 1.25. The van der Waals surface area contributed by atoms with Gasteiger partial charge in [0.2, 0.25) is 0 Å². The summed E-state index contributed by atoms with van der Waals surface area (Å²) in [4.78, 5) is 12.8. The van der Waals surface area contributed by atoms with E-state index in [1.165, 1.54) is 0 Å². The van der Waals surface area contributed by atoms with Crippen LogP contribution in [0.1, 0.15) is 42.4 Å².